The van der Waals surface area contributed by atoms with Crippen LogP contribution in [0.25, 0.3) is 0 Å². The summed E-state index contributed by atoms with van der Waals surface area (Å²) in [6.45, 7) is 3.77. The lowest BCUT2D eigenvalue weighted by Gasteiger charge is -2.40. The highest BCUT2D eigenvalue weighted by Crippen LogP contribution is 2.24. The van der Waals surface area contributed by atoms with E-state index in [0.29, 0.717) is 12.8 Å². The van der Waals surface area contributed by atoms with Gasteiger partial charge in [0, 0.05) is 12.8 Å². The first kappa shape index (κ1) is 56.4. The summed E-state index contributed by atoms with van der Waals surface area (Å²) in [5.74, 6) is -1.97. The topological polar surface area (TPSA) is 186 Å². The molecule has 12 nitrogen and oxygen atoms in total. The van der Waals surface area contributed by atoms with Gasteiger partial charge in [0.25, 0.3) is 10.1 Å². The van der Waals surface area contributed by atoms with Gasteiger partial charge in [0.15, 0.2) is 12.4 Å². The fourth-order valence-electron chi connectivity index (χ4n) is 7.56. The standard InChI is InChI=1S/C47H88O12S/c1-3-5-7-9-11-13-15-17-19-20-22-23-25-27-29-31-33-35-42(48)56-37-40(38-57-47-46(52)45(51)44(50)41(59-47)39-60(53,54)55)58-43(49)36-34-32-30-28-26-24-21-18-16-14-12-10-8-6-4-2/h14,16,40-41,44-47,50-52H,3-13,15,17-39H2,1-2H3,(H,53,54,55)/b16-14+/t40-,41-,44-,45?,46?,47+/m1/s1. The van der Waals surface area contributed by atoms with Crippen molar-refractivity contribution in [3.63, 3.8) is 0 Å². The van der Waals surface area contributed by atoms with E-state index in [0.717, 1.165) is 51.4 Å². The molecule has 4 N–H and O–H groups in total. The van der Waals surface area contributed by atoms with Gasteiger partial charge in [-0.25, -0.2) is 0 Å². The van der Waals surface area contributed by atoms with E-state index in [1.807, 2.05) is 0 Å². The van der Waals surface area contributed by atoms with Crippen LogP contribution in [-0.2, 0) is 38.7 Å². The van der Waals surface area contributed by atoms with Gasteiger partial charge < -0.3 is 34.3 Å². The smallest absolute Gasteiger partial charge is 0.306 e. The minimum atomic E-state index is -4.60. The maximum atomic E-state index is 12.8. The average Bonchev–Trinajstić information content (AvgIpc) is 3.21. The number of carbonyl (C=O) groups excluding carboxylic acids is 2. The molecule has 354 valence electrons. The molecule has 0 bridgehead atoms. The number of hydrogen-bond donors (Lipinski definition) is 4. The van der Waals surface area contributed by atoms with Crippen molar-refractivity contribution in [3.05, 3.63) is 12.2 Å². The Hall–Kier alpha value is -1.61. The first-order valence-corrected chi connectivity index (χ1v) is 25.9. The van der Waals surface area contributed by atoms with E-state index >= 15 is 0 Å². The van der Waals surface area contributed by atoms with E-state index in [1.54, 1.807) is 0 Å². The zero-order chi connectivity index (χ0) is 44.1. The third kappa shape index (κ3) is 32.1. The van der Waals surface area contributed by atoms with Crippen LogP contribution in [0.3, 0.4) is 0 Å². The van der Waals surface area contributed by atoms with E-state index in [4.69, 9.17) is 18.9 Å². The lowest BCUT2D eigenvalue weighted by atomic mass is 10.00. The second-order valence-corrected chi connectivity index (χ2v) is 18.6. The van der Waals surface area contributed by atoms with E-state index in [1.165, 1.54) is 128 Å². The zero-order valence-electron chi connectivity index (χ0n) is 37.8. The molecule has 60 heavy (non-hydrogen) atoms. The van der Waals surface area contributed by atoms with E-state index < -0.39 is 71.2 Å². The number of esters is 2. The van der Waals surface area contributed by atoms with Gasteiger partial charge in [0.2, 0.25) is 0 Å². The summed E-state index contributed by atoms with van der Waals surface area (Å²) in [5, 5.41) is 30.9. The monoisotopic (exact) mass is 877 g/mol. The van der Waals surface area contributed by atoms with Crippen molar-refractivity contribution in [3.8, 4) is 0 Å². The van der Waals surface area contributed by atoms with Crippen LogP contribution < -0.4 is 0 Å². The predicted molar refractivity (Wildman–Crippen MR) is 238 cm³/mol. The Balaban J connectivity index is 2.40. The highest BCUT2D eigenvalue weighted by Gasteiger charge is 2.46. The summed E-state index contributed by atoms with van der Waals surface area (Å²) in [5.41, 5.74) is 0. The number of aliphatic hydroxyl groups excluding tert-OH is 3. The number of unbranched alkanes of at least 4 members (excludes halogenated alkanes) is 27. The highest BCUT2D eigenvalue weighted by molar-refractivity contribution is 7.85. The van der Waals surface area contributed by atoms with Gasteiger partial charge in [-0.3, -0.25) is 14.1 Å². The lowest BCUT2D eigenvalue weighted by molar-refractivity contribution is -0.297. The fourth-order valence-corrected chi connectivity index (χ4v) is 8.25. The van der Waals surface area contributed by atoms with Crippen LogP contribution in [0.5, 0.6) is 0 Å². The summed E-state index contributed by atoms with van der Waals surface area (Å²) >= 11 is 0. The van der Waals surface area contributed by atoms with Crippen LogP contribution in [-0.4, -0.2) is 96.0 Å². The number of hydrogen-bond acceptors (Lipinski definition) is 11. The molecular weight excluding hydrogens is 789 g/mol. The second-order valence-electron chi connectivity index (χ2n) is 17.1. The molecule has 0 radical (unpaired) electrons. The Bertz CT molecular complexity index is 1170. The Morgan fingerprint density at radius 1 is 0.550 bits per heavy atom. The van der Waals surface area contributed by atoms with Crippen LogP contribution in [0.15, 0.2) is 12.2 Å². The Kier molecular flexibility index (Phi) is 35.6. The molecule has 0 aromatic carbocycles. The molecule has 1 fully saturated rings. The molecule has 1 saturated heterocycles. The summed E-state index contributed by atoms with van der Waals surface area (Å²) in [6, 6.07) is 0. The molecule has 0 aromatic rings. The third-order valence-corrected chi connectivity index (χ3v) is 12.1. The van der Waals surface area contributed by atoms with Gasteiger partial charge in [0.1, 0.15) is 36.8 Å². The van der Waals surface area contributed by atoms with Crippen molar-refractivity contribution in [2.75, 3.05) is 19.0 Å². The molecule has 0 amide bonds. The SMILES string of the molecule is CCCCCC/C=C/CCCCCCCCCC(=O)O[C@H](COC(=O)CCCCCCCCCCCCCCCCCCC)CO[C@H]1O[C@H](CS(=O)(=O)O)[C@@H](O)C(O)C1O. The first-order chi connectivity index (χ1) is 29.0. The molecule has 0 saturated carbocycles. The van der Waals surface area contributed by atoms with Crippen molar-refractivity contribution in [2.24, 2.45) is 0 Å². The van der Waals surface area contributed by atoms with Gasteiger partial charge >= 0.3 is 11.9 Å². The summed E-state index contributed by atoms with van der Waals surface area (Å²) < 4.78 is 54.1. The predicted octanol–water partition coefficient (Wildman–Crippen LogP) is 10.2. The summed E-state index contributed by atoms with van der Waals surface area (Å²) in [7, 11) is -4.60. The fraction of sp³-hybridized carbons (Fsp3) is 0.915. The zero-order valence-corrected chi connectivity index (χ0v) is 38.6. The number of rotatable bonds is 41. The van der Waals surface area contributed by atoms with Crippen molar-refractivity contribution >= 4 is 22.1 Å². The number of ether oxygens (including phenoxy) is 4. The molecule has 0 aliphatic carbocycles. The average molecular weight is 877 g/mol. The van der Waals surface area contributed by atoms with Crippen molar-refractivity contribution in [1.82, 2.24) is 0 Å². The van der Waals surface area contributed by atoms with Crippen molar-refractivity contribution < 1.29 is 56.8 Å². The first-order valence-electron chi connectivity index (χ1n) is 24.2. The number of allylic oxidation sites excluding steroid dienone is 2. The van der Waals surface area contributed by atoms with Crippen LogP contribution >= 0.6 is 0 Å². The Morgan fingerprint density at radius 2 is 0.950 bits per heavy atom. The van der Waals surface area contributed by atoms with E-state index in [9.17, 15) is 37.9 Å². The summed E-state index contributed by atoms with van der Waals surface area (Å²) in [6.07, 6.45) is 31.1. The highest BCUT2D eigenvalue weighted by atomic mass is 32.2. The van der Waals surface area contributed by atoms with Gasteiger partial charge in [-0.1, -0.05) is 180 Å². The maximum absolute atomic E-state index is 12.8. The lowest BCUT2D eigenvalue weighted by Crippen LogP contribution is -2.60. The van der Waals surface area contributed by atoms with Gasteiger partial charge in [-0.15, -0.1) is 0 Å². The molecule has 1 aliphatic heterocycles. The number of aliphatic hydroxyl groups is 3. The minimum absolute atomic E-state index is 0.163. The van der Waals surface area contributed by atoms with E-state index in [2.05, 4.69) is 26.0 Å². The molecule has 1 heterocycles. The van der Waals surface area contributed by atoms with Gasteiger partial charge in [-0.05, 0) is 38.5 Å². The molecule has 1 rings (SSSR count). The van der Waals surface area contributed by atoms with E-state index in [-0.39, 0.29) is 19.4 Å². The second kappa shape index (κ2) is 37.9. The molecule has 1 aliphatic rings. The van der Waals surface area contributed by atoms with Crippen LogP contribution in [0.1, 0.15) is 219 Å². The Labute approximate surface area is 365 Å². The van der Waals surface area contributed by atoms with Gasteiger partial charge in [0.05, 0.1) is 6.61 Å². The number of carbonyl (C=O) groups is 2. The van der Waals surface area contributed by atoms with Crippen molar-refractivity contribution in [1.29, 1.82) is 0 Å². The van der Waals surface area contributed by atoms with Crippen LogP contribution in [0, 0.1) is 0 Å². The maximum Gasteiger partial charge on any atom is 0.306 e. The van der Waals surface area contributed by atoms with Crippen LogP contribution in [0.2, 0.25) is 0 Å². The van der Waals surface area contributed by atoms with Crippen LogP contribution in [0.4, 0.5) is 0 Å². The molecule has 13 heteroatoms. The Morgan fingerprint density at radius 3 is 1.40 bits per heavy atom. The minimum Gasteiger partial charge on any atom is -0.462 e. The molecular formula is C47H88O12S. The normalized spacial score (nSPS) is 20.1. The summed E-state index contributed by atoms with van der Waals surface area (Å²) in [4.78, 5) is 25.4. The molecule has 2 unspecified atom stereocenters. The molecule has 6 atom stereocenters. The third-order valence-electron chi connectivity index (χ3n) is 11.3. The quantitative estimate of drug-likeness (QED) is 0.0197. The van der Waals surface area contributed by atoms with Crippen molar-refractivity contribution in [2.45, 2.75) is 256 Å². The molecule has 0 aromatic heterocycles. The molecule has 0 spiro atoms. The van der Waals surface area contributed by atoms with Gasteiger partial charge in [-0.2, -0.15) is 8.42 Å². The largest absolute Gasteiger partial charge is 0.462 e.